The zero-order valence-corrected chi connectivity index (χ0v) is 25.1. The molecule has 1 aliphatic rings. The van der Waals surface area contributed by atoms with Crippen molar-refractivity contribution in [1.29, 1.82) is 0 Å². The van der Waals surface area contributed by atoms with Gasteiger partial charge < -0.3 is 29.5 Å². The minimum atomic E-state index is -0.431. The molecule has 10 nitrogen and oxygen atoms in total. The molecule has 218 valence electrons. The quantitative estimate of drug-likeness (QED) is 0.345. The number of hydrogen-bond acceptors (Lipinski definition) is 8. The molecule has 0 atom stereocenters. The van der Waals surface area contributed by atoms with Crippen molar-refractivity contribution < 1.29 is 23.9 Å². The summed E-state index contributed by atoms with van der Waals surface area (Å²) in [6, 6.07) is 12.4. The van der Waals surface area contributed by atoms with E-state index in [-0.39, 0.29) is 42.6 Å². The van der Waals surface area contributed by atoms with Gasteiger partial charge in [-0.3, -0.25) is 14.4 Å². The first-order chi connectivity index (χ1) is 19.8. The van der Waals surface area contributed by atoms with Gasteiger partial charge in [-0.05, 0) is 30.3 Å². The van der Waals surface area contributed by atoms with Gasteiger partial charge in [0.05, 0.1) is 42.1 Å². The molecule has 1 saturated heterocycles. The zero-order valence-electron chi connectivity index (χ0n) is 22.8. The van der Waals surface area contributed by atoms with E-state index in [1.165, 1.54) is 35.5 Å². The van der Waals surface area contributed by atoms with E-state index in [9.17, 15) is 14.4 Å². The molecule has 0 bridgehead atoms. The first-order valence-electron chi connectivity index (χ1n) is 12.9. The lowest BCUT2D eigenvalue weighted by atomic mass is 10.2. The smallest absolute Gasteiger partial charge is 0.255 e. The van der Waals surface area contributed by atoms with Crippen LogP contribution in [-0.2, 0) is 20.7 Å². The average molecular weight is 621 g/mol. The SMILES string of the molecule is COCCN(CC(=O)Nc1nc(CC(=O)N2CCN(c3ccccc3OC)CC2)cs1)C(=O)c1ccc(Cl)cc1Cl. The summed E-state index contributed by atoms with van der Waals surface area (Å²) in [5, 5.41) is 5.42. The number of nitrogens with zero attached hydrogens (tertiary/aromatic N) is 4. The third-order valence-corrected chi connectivity index (χ3v) is 7.89. The standard InChI is InChI=1S/C28H31Cl2N5O5S/c1-39-14-13-35(27(38)21-8-7-19(29)15-22(21)30)17-25(36)32-28-31-20(18-41-28)16-26(37)34-11-9-33(10-12-34)23-5-3-4-6-24(23)40-2/h3-8,15,18H,9-14,16-17H2,1-2H3,(H,31,32,36). The summed E-state index contributed by atoms with van der Waals surface area (Å²) in [5.74, 6) is -0.0670. The molecule has 2 heterocycles. The van der Waals surface area contributed by atoms with Gasteiger partial charge in [-0.2, -0.15) is 0 Å². The number of halogens is 2. The number of para-hydroxylation sites is 2. The van der Waals surface area contributed by atoms with Gasteiger partial charge in [0, 0.05) is 50.2 Å². The number of aromatic nitrogens is 1. The third-order valence-electron chi connectivity index (χ3n) is 6.54. The molecule has 3 aromatic rings. The lowest BCUT2D eigenvalue weighted by Gasteiger charge is -2.36. The normalized spacial score (nSPS) is 13.2. The number of anilines is 2. The van der Waals surface area contributed by atoms with Crippen molar-refractivity contribution >= 4 is 63.1 Å². The predicted molar refractivity (Wildman–Crippen MR) is 160 cm³/mol. The number of carbonyl (C=O) groups is 3. The molecule has 1 fully saturated rings. The number of ether oxygens (including phenoxy) is 2. The number of carbonyl (C=O) groups excluding carboxylic acids is 3. The fourth-order valence-corrected chi connectivity index (χ4v) is 5.64. The highest BCUT2D eigenvalue weighted by Gasteiger charge is 2.24. The summed E-state index contributed by atoms with van der Waals surface area (Å²) in [5.41, 5.74) is 1.82. The molecular formula is C28H31Cl2N5O5S. The summed E-state index contributed by atoms with van der Waals surface area (Å²) in [6.07, 6.45) is 0.133. The van der Waals surface area contributed by atoms with Crippen molar-refractivity contribution in [2.24, 2.45) is 0 Å². The number of methoxy groups -OCH3 is 2. The van der Waals surface area contributed by atoms with E-state index in [4.69, 9.17) is 32.7 Å². The van der Waals surface area contributed by atoms with Crippen LogP contribution in [0.2, 0.25) is 10.0 Å². The molecule has 1 N–H and O–H groups in total. The highest BCUT2D eigenvalue weighted by molar-refractivity contribution is 7.13. The Bertz CT molecular complexity index is 1380. The first-order valence-corrected chi connectivity index (χ1v) is 14.6. The molecule has 0 spiro atoms. The zero-order chi connectivity index (χ0) is 29.4. The van der Waals surface area contributed by atoms with Crippen molar-refractivity contribution in [2.75, 3.05) is 70.3 Å². The minimum Gasteiger partial charge on any atom is -0.495 e. The highest BCUT2D eigenvalue weighted by atomic mass is 35.5. The van der Waals surface area contributed by atoms with Gasteiger partial charge in [-0.1, -0.05) is 35.3 Å². The number of rotatable bonds is 11. The van der Waals surface area contributed by atoms with Gasteiger partial charge >= 0.3 is 0 Å². The van der Waals surface area contributed by atoms with Gasteiger partial charge in [-0.25, -0.2) is 4.98 Å². The maximum atomic E-state index is 13.1. The minimum absolute atomic E-state index is 0.0240. The van der Waals surface area contributed by atoms with E-state index in [1.54, 1.807) is 18.6 Å². The summed E-state index contributed by atoms with van der Waals surface area (Å²) in [6.45, 7) is 2.77. The van der Waals surface area contributed by atoms with E-state index in [1.807, 2.05) is 29.2 Å². The summed E-state index contributed by atoms with van der Waals surface area (Å²) in [7, 11) is 3.16. The van der Waals surface area contributed by atoms with E-state index in [0.717, 1.165) is 11.4 Å². The molecule has 13 heteroatoms. The number of nitrogens with one attached hydrogen (secondary N) is 1. The number of benzene rings is 2. The fraction of sp³-hybridized carbons (Fsp3) is 0.357. The molecule has 0 radical (unpaired) electrons. The van der Waals surface area contributed by atoms with E-state index in [2.05, 4.69) is 15.2 Å². The third kappa shape index (κ3) is 8.10. The van der Waals surface area contributed by atoms with Crippen LogP contribution in [0.3, 0.4) is 0 Å². The maximum absolute atomic E-state index is 13.1. The van der Waals surface area contributed by atoms with E-state index >= 15 is 0 Å². The monoisotopic (exact) mass is 619 g/mol. The Morgan fingerprint density at radius 3 is 2.54 bits per heavy atom. The van der Waals surface area contributed by atoms with Gasteiger partial charge in [0.15, 0.2) is 5.13 Å². The van der Waals surface area contributed by atoms with Crippen LogP contribution < -0.4 is 15.0 Å². The summed E-state index contributed by atoms with van der Waals surface area (Å²) < 4.78 is 10.6. The van der Waals surface area contributed by atoms with Crippen LogP contribution in [-0.4, -0.2) is 92.6 Å². The second kappa shape index (κ2) is 14.5. The highest BCUT2D eigenvalue weighted by Crippen LogP contribution is 2.28. The molecule has 2 aromatic carbocycles. The molecule has 1 aliphatic heterocycles. The molecule has 1 aromatic heterocycles. The molecule has 0 unspecified atom stereocenters. The summed E-state index contributed by atoms with van der Waals surface area (Å²) >= 11 is 13.4. The second-order valence-corrected chi connectivity index (χ2v) is 11.0. The van der Waals surface area contributed by atoms with Crippen LogP contribution >= 0.6 is 34.5 Å². The predicted octanol–water partition coefficient (Wildman–Crippen LogP) is 4.08. The van der Waals surface area contributed by atoms with Crippen LogP contribution in [0, 0.1) is 0 Å². The van der Waals surface area contributed by atoms with Crippen LogP contribution in [0.5, 0.6) is 5.75 Å². The van der Waals surface area contributed by atoms with Crippen molar-refractivity contribution in [3.63, 3.8) is 0 Å². The molecule has 0 saturated carbocycles. The van der Waals surface area contributed by atoms with Crippen LogP contribution in [0.4, 0.5) is 10.8 Å². The number of thiazole rings is 1. The van der Waals surface area contributed by atoms with Gasteiger partial charge in [0.25, 0.3) is 5.91 Å². The lowest BCUT2D eigenvalue weighted by molar-refractivity contribution is -0.130. The Morgan fingerprint density at radius 2 is 1.83 bits per heavy atom. The van der Waals surface area contributed by atoms with Crippen molar-refractivity contribution in [3.05, 3.63) is 69.1 Å². The molecule has 0 aliphatic carbocycles. The molecular weight excluding hydrogens is 589 g/mol. The Balaban J connectivity index is 1.30. The van der Waals surface area contributed by atoms with E-state index in [0.29, 0.717) is 42.0 Å². The van der Waals surface area contributed by atoms with Gasteiger partial charge in [0.1, 0.15) is 12.3 Å². The maximum Gasteiger partial charge on any atom is 0.255 e. The van der Waals surface area contributed by atoms with Crippen molar-refractivity contribution in [2.45, 2.75) is 6.42 Å². The Morgan fingerprint density at radius 1 is 1.07 bits per heavy atom. The Labute approximate surface area is 252 Å². The number of piperazine rings is 1. The average Bonchev–Trinajstić information content (AvgIpc) is 3.41. The number of hydrogen-bond donors (Lipinski definition) is 1. The topological polar surface area (TPSA) is 104 Å². The van der Waals surface area contributed by atoms with Crippen LogP contribution in [0.25, 0.3) is 0 Å². The molecule has 41 heavy (non-hydrogen) atoms. The van der Waals surface area contributed by atoms with Crippen molar-refractivity contribution in [3.8, 4) is 5.75 Å². The van der Waals surface area contributed by atoms with Gasteiger partial charge in [0.2, 0.25) is 11.8 Å². The molecule has 4 rings (SSSR count). The molecule has 3 amide bonds. The number of amides is 3. The van der Waals surface area contributed by atoms with E-state index < -0.39 is 11.8 Å². The fourth-order valence-electron chi connectivity index (χ4n) is 4.42. The van der Waals surface area contributed by atoms with Gasteiger partial charge in [-0.15, -0.1) is 11.3 Å². The van der Waals surface area contributed by atoms with Crippen molar-refractivity contribution in [1.82, 2.24) is 14.8 Å². The van der Waals surface area contributed by atoms with Crippen LogP contribution in [0.1, 0.15) is 16.1 Å². The largest absolute Gasteiger partial charge is 0.495 e. The Kier molecular flexibility index (Phi) is 10.8. The lowest BCUT2D eigenvalue weighted by Crippen LogP contribution is -2.49. The Hall–Kier alpha value is -3.38. The first kappa shape index (κ1) is 30.6. The summed E-state index contributed by atoms with van der Waals surface area (Å²) in [4.78, 5) is 48.6. The van der Waals surface area contributed by atoms with Crippen LogP contribution in [0.15, 0.2) is 47.8 Å². The second-order valence-electron chi connectivity index (χ2n) is 9.25.